The van der Waals surface area contributed by atoms with Gasteiger partial charge >= 0.3 is 11.6 Å². The summed E-state index contributed by atoms with van der Waals surface area (Å²) < 4.78 is 5.73. The molecule has 2 heterocycles. The van der Waals surface area contributed by atoms with E-state index in [4.69, 9.17) is 4.74 Å². The van der Waals surface area contributed by atoms with Gasteiger partial charge in [-0.05, 0) is 47.9 Å². The zero-order chi connectivity index (χ0) is 21.1. The van der Waals surface area contributed by atoms with Crippen molar-refractivity contribution in [3.8, 4) is 11.6 Å². The van der Waals surface area contributed by atoms with Crippen molar-refractivity contribution in [3.63, 3.8) is 0 Å². The Morgan fingerprint density at radius 1 is 1.00 bits per heavy atom. The van der Waals surface area contributed by atoms with Gasteiger partial charge in [0.05, 0.1) is 10.4 Å². The van der Waals surface area contributed by atoms with E-state index in [9.17, 15) is 10.1 Å². The highest BCUT2D eigenvalue weighted by molar-refractivity contribution is 5.93. The molecule has 4 aromatic rings. The van der Waals surface area contributed by atoms with Crippen LogP contribution in [0.4, 0.5) is 17.2 Å². The van der Waals surface area contributed by atoms with Gasteiger partial charge < -0.3 is 10.1 Å². The molecule has 0 radical (unpaired) electrons. The van der Waals surface area contributed by atoms with Gasteiger partial charge in [-0.15, -0.1) is 0 Å². The molecule has 8 nitrogen and oxygen atoms in total. The molecule has 0 aliphatic carbocycles. The quantitative estimate of drug-likeness (QED) is 0.332. The number of anilines is 2. The Morgan fingerprint density at radius 2 is 1.80 bits per heavy atom. The van der Waals surface area contributed by atoms with E-state index in [1.807, 2.05) is 30.3 Å². The van der Waals surface area contributed by atoms with Gasteiger partial charge in [0.25, 0.3) is 0 Å². The van der Waals surface area contributed by atoms with Crippen molar-refractivity contribution in [3.05, 3.63) is 82.8 Å². The summed E-state index contributed by atoms with van der Waals surface area (Å²) in [5.41, 5.74) is 2.22. The van der Waals surface area contributed by atoms with Crippen molar-refractivity contribution in [2.45, 2.75) is 19.8 Å². The maximum Gasteiger partial charge on any atom is 0.373 e. The van der Waals surface area contributed by atoms with Crippen molar-refractivity contribution >= 4 is 28.1 Å². The second kappa shape index (κ2) is 8.12. The molecule has 0 amide bonds. The Balaban J connectivity index is 1.70. The molecular formula is C22H19N5O3. The Hall–Kier alpha value is -4.07. The minimum Gasteiger partial charge on any atom is -0.434 e. The Morgan fingerprint density at radius 3 is 2.53 bits per heavy atom. The molecule has 0 saturated heterocycles. The van der Waals surface area contributed by atoms with Crippen LogP contribution in [0, 0.1) is 10.1 Å². The smallest absolute Gasteiger partial charge is 0.373 e. The van der Waals surface area contributed by atoms with Crippen LogP contribution in [0.1, 0.15) is 25.3 Å². The molecule has 0 fully saturated rings. The maximum atomic E-state index is 11.8. The van der Waals surface area contributed by atoms with E-state index in [1.165, 1.54) is 6.33 Å². The van der Waals surface area contributed by atoms with Gasteiger partial charge in [-0.1, -0.05) is 32.0 Å². The van der Waals surface area contributed by atoms with Crippen molar-refractivity contribution in [2.24, 2.45) is 0 Å². The lowest BCUT2D eigenvalue weighted by Gasteiger charge is -2.11. The molecule has 0 atom stereocenters. The van der Waals surface area contributed by atoms with Crippen LogP contribution in [0.25, 0.3) is 10.9 Å². The molecular weight excluding hydrogens is 382 g/mol. The number of hydrogen-bond acceptors (Lipinski definition) is 7. The summed E-state index contributed by atoms with van der Waals surface area (Å²) in [5, 5.41) is 15.7. The third-order valence-electron chi connectivity index (χ3n) is 4.63. The van der Waals surface area contributed by atoms with Crippen LogP contribution in [-0.2, 0) is 0 Å². The van der Waals surface area contributed by atoms with Crippen LogP contribution in [0.2, 0.25) is 0 Å². The zero-order valence-electron chi connectivity index (χ0n) is 16.4. The monoisotopic (exact) mass is 401 g/mol. The summed E-state index contributed by atoms with van der Waals surface area (Å²) in [6.07, 6.45) is 2.92. The minimum absolute atomic E-state index is 0.0418. The fraction of sp³-hybridized carbons (Fsp3) is 0.136. The fourth-order valence-corrected chi connectivity index (χ4v) is 3.07. The lowest BCUT2D eigenvalue weighted by molar-refractivity contribution is -0.385. The standard InChI is InChI=1S/C22H19N5O3/c1-14(2)15-8-10-16(11-9-15)30-22-20(27(28)29)21(24-13-25-22)26-19-7-3-6-18-17(19)5-4-12-23-18/h3-14H,1-2H3,(H,24,25,26). The van der Waals surface area contributed by atoms with Crippen LogP contribution in [0.3, 0.4) is 0 Å². The molecule has 0 saturated carbocycles. The molecule has 0 bridgehead atoms. The molecule has 0 aliphatic rings. The first-order chi connectivity index (χ1) is 14.5. The highest BCUT2D eigenvalue weighted by atomic mass is 16.6. The van der Waals surface area contributed by atoms with E-state index in [1.54, 1.807) is 30.5 Å². The van der Waals surface area contributed by atoms with Gasteiger partial charge in [0, 0.05) is 17.3 Å². The molecule has 0 spiro atoms. The summed E-state index contributed by atoms with van der Waals surface area (Å²) in [6, 6.07) is 16.6. The highest BCUT2D eigenvalue weighted by Gasteiger charge is 2.25. The van der Waals surface area contributed by atoms with Crippen LogP contribution < -0.4 is 10.1 Å². The first kappa shape index (κ1) is 19.3. The number of hydrogen-bond donors (Lipinski definition) is 1. The number of pyridine rings is 1. The van der Waals surface area contributed by atoms with E-state index < -0.39 is 4.92 Å². The van der Waals surface area contributed by atoms with Gasteiger partial charge in [-0.3, -0.25) is 15.1 Å². The predicted octanol–water partition coefficient (Wildman–Crippen LogP) is 5.59. The number of rotatable bonds is 6. The third-order valence-corrected chi connectivity index (χ3v) is 4.63. The first-order valence-corrected chi connectivity index (χ1v) is 9.41. The third kappa shape index (κ3) is 3.88. The summed E-state index contributed by atoms with van der Waals surface area (Å²) in [7, 11) is 0. The molecule has 150 valence electrons. The summed E-state index contributed by atoms with van der Waals surface area (Å²) in [4.78, 5) is 23.6. The number of benzene rings is 2. The average molecular weight is 401 g/mol. The Kier molecular flexibility index (Phi) is 5.21. The molecule has 0 aliphatic heterocycles. The Bertz CT molecular complexity index is 1200. The molecule has 4 rings (SSSR count). The van der Waals surface area contributed by atoms with Crippen molar-refractivity contribution in [1.29, 1.82) is 0 Å². The fourth-order valence-electron chi connectivity index (χ4n) is 3.07. The molecule has 2 aromatic heterocycles. The van der Waals surface area contributed by atoms with Gasteiger partial charge in [0.15, 0.2) is 0 Å². The molecule has 0 unspecified atom stereocenters. The van der Waals surface area contributed by atoms with E-state index in [0.717, 1.165) is 16.5 Å². The number of fused-ring (bicyclic) bond motifs is 1. The van der Waals surface area contributed by atoms with Crippen LogP contribution >= 0.6 is 0 Å². The first-order valence-electron chi connectivity index (χ1n) is 9.41. The summed E-state index contributed by atoms with van der Waals surface area (Å²) in [5.74, 6) is 0.744. The number of nitrogens with zero attached hydrogens (tertiary/aromatic N) is 4. The number of nitrogens with one attached hydrogen (secondary N) is 1. The largest absolute Gasteiger partial charge is 0.434 e. The second-order valence-corrected chi connectivity index (χ2v) is 6.96. The van der Waals surface area contributed by atoms with Gasteiger partial charge in [-0.25, -0.2) is 4.98 Å². The minimum atomic E-state index is -0.552. The number of ether oxygens (including phenoxy) is 1. The summed E-state index contributed by atoms with van der Waals surface area (Å²) >= 11 is 0. The predicted molar refractivity (Wildman–Crippen MR) is 114 cm³/mol. The second-order valence-electron chi connectivity index (χ2n) is 6.96. The van der Waals surface area contributed by atoms with E-state index in [2.05, 4.69) is 34.1 Å². The lowest BCUT2D eigenvalue weighted by Crippen LogP contribution is -2.04. The van der Waals surface area contributed by atoms with Crippen LogP contribution in [-0.4, -0.2) is 19.9 Å². The maximum absolute atomic E-state index is 11.8. The van der Waals surface area contributed by atoms with E-state index in [-0.39, 0.29) is 17.4 Å². The van der Waals surface area contributed by atoms with Gasteiger partial charge in [-0.2, -0.15) is 4.98 Å². The normalized spacial score (nSPS) is 10.9. The van der Waals surface area contributed by atoms with Crippen molar-refractivity contribution < 1.29 is 9.66 Å². The zero-order valence-corrected chi connectivity index (χ0v) is 16.4. The molecule has 30 heavy (non-hydrogen) atoms. The lowest BCUT2D eigenvalue weighted by atomic mass is 10.0. The average Bonchev–Trinajstić information content (AvgIpc) is 2.74. The number of aromatic nitrogens is 3. The highest BCUT2D eigenvalue weighted by Crippen LogP contribution is 2.36. The van der Waals surface area contributed by atoms with Crippen molar-refractivity contribution in [2.75, 3.05) is 5.32 Å². The topological polar surface area (TPSA) is 103 Å². The van der Waals surface area contributed by atoms with Gasteiger partial charge in [0.1, 0.15) is 12.1 Å². The van der Waals surface area contributed by atoms with Crippen LogP contribution in [0.15, 0.2) is 67.1 Å². The van der Waals surface area contributed by atoms with E-state index in [0.29, 0.717) is 17.4 Å². The number of nitro groups is 1. The SMILES string of the molecule is CC(C)c1ccc(Oc2ncnc(Nc3cccc4ncccc34)c2[N+](=O)[O-])cc1. The molecule has 1 N–H and O–H groups in total. The van der Waals surface area contributed by atoms with Crippen molar-refractivity contribution in [1.82, 2.24) is 15.0 Å². The van der Waals surface area contributed by atoms with Crippen LogP contribution in [0.5, 0.6) is 11.6 Å². The molecule has 8 heteroatoms. The molecule has 2 aromatic carbocycles. The van der Waals surface area contributed by atoms with E-state index >= 15 is 0 Å². The summed E-state index contributed by atoms with van der Waals surface area (Å²) in [6.45, 7) is 4.18. The Labute approximate surface area is 172 Å². The van der Waals surface area contributed by atoms with Gasteiger partial charge in [0.2, 0.25) is 5.82 Å².